The fourth-order valence-corrected chi connectivity index (χ4v) is 2.89. The third kappa shape index (κ3) is 2.81. The SMILES string of the molecule is O=C(Cn1c2ncncc2c(=O)n2nc(Br)cc12)Nc1ccc(F)cn1. The summed E-state index contributed by atoms with van der Waals surface area (Å²) in [7, 11) is 0. The lowest BCUT2D eigenvalue weighted by Crippen LogP contribution is -2.25. The van der Waals surface area contributed by atoms with E-state index in [0.29, 0.717) is 15.9 Å². The molecule has 0 atom stereocenters. The van der Waals surface area contributed by atoms with Crippen molar-refractivity contribution in [2.75, 3.05) is 5.32 Å². The van der Waals surface area contributed by atoms with Gasteiger partial charge in [-0.1, -0.05) is 0 Å². The molecule has 0 radical (unpaired) electrons. The highest BCUT2D eigenvalue weighted by Crippen LogP contribution is 2.15. The van der Waals surface area contributed by atoms with Crippen LogP contribution in [0.4, 0.5) is 10.2 Å². The number of halogens is 2. The molecule has 0 spiro atoms. The standard InChI is InChI=1S/C15H9BrFN7O2/c16-10-3-13-23(6-12(25)21-11-2-1-8(17)4-19-11)14-9(5-18-7-20-14)15(26)24(13)22-10/h1-5,7H,6H2,(H,19,21,25). The molecule has 0 fully saturated rings. The molecule has 11 heteroatoms. The molecule has 0 aliphatic carbocycles. The Kier molecular flexibility index (Phi) is 3.92. The van der Waals surface area contributed by atoms with E-state index < -0.39 is 17.3 Å². The van der Waals surface area contributed by atoms with E-state index in [1.807, 2.05) is 0 Å². The topological polar surface area (TPSA) is 107 Å². The number of nitrogens with zero attached hydrogens (tertiary/aromatic N) is 6. The molecule has 0 aromatic carbocycles. The van der Waals surface area contributed by atoms with E-state index in [1.54, 1.807) is 6.07 Å². The molecule has 1 N–H and O–H groups in total. The predicted octanol–water partition coefficient (Wildman–Crippen LogP) is 1.37. The smallest absolute Gasteiger partial charge is 0.285 e. The van der Waals surface area contributed by atoms with Crippen molar-refractivity contribution in [3.63, 3.8) is 0 Å². The lowest BCUT2D eigenvalue weighted by Gasteiger charge is -2.11. The molecule has 4 aromatic rings. The van der Waals surface area contributed by atoms with Crippen LogP contribution >= 0.6 is 15.9 Å². The van der Waals surface area contributed by atoms with E-state index >= 15 is 0 Å². The number of hydrogen-bond donors (Lipinski definition) is 1. The molecular weight excluding hydrogens is 409 g/mol. The lowest BCUT2D eigenvalue weighted by atomic mass is 10.3. The summed E-state index contributed by atoms with van der Waals surface area (Å²) in [4.78, 5) is 36.7. The number of amides is 1. The number of rotatable bonds is 3. The minimum Gasteiger partial charge on any atom is -0.309 e. The number of carbonyl (C=O) groups is 1. The Morgan fingerprint density at radius 2 is 2.12 bits per heavy atom. The third-order valence-electron chi connectivity index (χ3n) is 3.60. The summed E-state index contributed by atoms with van der Waals surface area (Å²) in [6.07, 6.45) is 3.67. The van der Waals surface area contributed by atoms with Gasteiger partial charge in [-0.15, -0.1) is 0 Å². The largest absolute Gasteiger partial charge is 0.309 e. The maximum atomic E-state index is 12.9. The lowest BCUT2D eigenvalue weighted by molar-refractivity contribution is -0.116. The Bertz CT molecular complexity index is 1200. The predicted molar refractivity (Wildman–Crippen MR) is 93.1 cm³/mol. The van der Waals surface area contributed by atoms with Crippen molar-refractivity contribution in [3.05, 3.63) is 57.7 Å². The van der Waals surface area contributed by atoms with Crippen molar-refractivity contribution in [1.82, 2.24) is 29.1 Å². The molecule has 4 heterocycles. The van der Waals surface area contributed by atoms with Crippen LogP contribution in [0.3, 0.4) is 0 Å². The van der Waals surface area contributed by atoms with Gasteiger partial charge in [-0.05, 0) is 28.1 Å². The van der Waals surface area contributed by atoms with E-state index in [0.717, 1.165) is 6.20 Å². The first-order valence-electron chi connectivity index (χ1n) is 7.32. The Morgan fingerprint density at radius 3 is 2.88 bits per heavy atom. The van der Waals surface area contributed by atoms with Crippen LogP contribution in [0.2, 0.25) is 0 Å². The number of pyridine rings is 1. The first-order chi connectivity index (χ1) is 12.5. The average Bonchev–Trinajstić information content (AvgIpc) is 3.02. The minimum absolute atomic E-state index is 0.158. The number of fused-ring (bicyclic) bond motifs is 2. The summed E-state index contributed by atoms with van der Waals surface area (Å²) in [5, 5.41) is 6.88. The van der Waals surface area contributed by atoms with Crippen molar-refractivity contribution in [2.24, 2.45) is 0 Å². The molecule has 9 nitrogen and oxygen atoms in total. The van der Waals surface area contributed by atoms with Crippen LogP contribution in [0.25, 0.3) is 16.7 Å². The highest BCUT2D eigenvalue weighted by molar-refractivity contribution is 9.10. The second-order valence-corrected chi connectivity index (χ2v) is 6.11. The zero-order valence-corrected chi connectivity index (χ0v) is 14.5. The second-order valence-electron chi connectivity index (χ2n) is 5.30. The molecule has 0 unspecified atom stereocenters. The second kappa shape index (κ2) is 6.26. The van der Waals surface area contributed by atoms with E-state index in [1.165, 1.54) is 33.7 Å². The Hall–Kier alpha value is -3.21. The highest BCUT2D eigenvalue weighted by Gasteiger charge is 2.16. The Labute approximate surface area is 152 Å². The van der Waals surface area contributed by atoms with Crippen LogP contribution in [0.15, 0.2) is 46.3 Å². The van der Waals surface area contributed by atoms with E-state index in [4.69, 9.17) is 0 Å². The molecule has 0 bridgehead atoms. The van der Waals surface area contributed by atoms with Crippen LogP contribution in [-0.2, 0) is 11.3 Å². The van der Waals surface area contributed by atoms with Crippen molar-refractivity contribution in [1.29, 1.82) is 0 Å². The van der Waals surface area contributed by atoms with E-state index in [9.17, 15) is 14.0 Å². The molecule has 1 amide bonds. The van der Waals surface area contributed by atoms with Gasteiger partial charge in [-0.25, -0.2) is 19.3 Å². The van der Waals surface area contributed by atoms with Crippen molar-refractivity contribution in [2.45, 2.75) is 6.54 Å². The number of anilines is 1. The molecule has 4 rings (SSSR count). The van der Waals surface area contributed by atoms with Gasteiger partial charge in [-0.3, -0.25) is 9.59 Å². The van der Waals surface area contributed by atoms with Crippen molar-refractivity contribution in [3.8, 4) is 0 Å². The summed E-state index contributed by atoms with van der Waals surface area (Å²) in [5.41, 5.74) is 0.292. The average molecular weight is 418 g/mol. The van der Waals surface area contributed by atoms with Crippen LogP contribution in [0.1, 0.15) is 0 Å². The summed E-state index contributed by atoms with van der Waals surface area (Å²) in [6.45, 7) is -0.158. The number of carbonyl (C=O) groups excluding carboxylic acids is 1. The fourth-order valence-electron chi connectivity index (χ4n) is 2.53. The molecule has 26 heavy (non-hydrogen) atoms. The first-order valence-corrected chi connectivity index (χ1v) is 8.11. The molecule has 4 aromatic heterocycles. The van der Waals surface area contributed by atoms with Gasteiger partial charge in [0.05, 0.1) is 6.20 Å². The van der Waals surface area contributed by atoms with E-state index in [2.05, 4.69) is 41.3 Å². The fraction of sp³-hybridized carbons (Fsp3) is 0.0667. The molecule has 0 aliphatic rings. The van der Waals surface area contributed by atoms with Gasteiger partial charge >= 0.3 is 0 Å². The van der Waals surface area contributed by atoms with Gasteiger partial charge < -0.3 is 9.88 Å². The van der Waals surface area contributed by atoms with Crippen LogP contribution < -0.4 is 10.9 Å². The Morgan fingerprint density at radius 1 is 1.27 bits per heavy atom. The first kappa shape index (κ1) is 16.3. The quantitative estimate of drug-likeness (QED) is 0.539. The summed E-state index contributed by atoms with van der Waals surface area (Å²) in [6, 6.07) is 4.15. The third-order valence-corrected chi connectivity index (χ3v) is 3.99. The van der Waals surface area contributed by atoms with E-state index in [-0.39, 0.29) is 17.7 Å². The van der Waals surface area contributed by atoms with Gasteiger partial charge in [0.15, 0.2) is 5.65 Å². The van der Waals surface area contributed by atoms with Gasteiger partial charge in [-0.2, -0.15) is 9.61 Å². The number of aromatic nitrogens is 6. The van der Waals surface area contributed by atoms with Gasteiger partial charge in [0.25, 0.3) is 5.56 Å². The number of hydrogen-bond acceptors (Lipinski definition) is 6. The summed E-state index contributed by atoms with van der Waals surface area (Å²) < 4.78 is 16.1. The van der Waals surface area contributed by atoms with Crippen LogP contribution in [0, 0.1) is 5.82 Å². The van der Waals surface area contributed by atoms with Crippen molar-refractivity contribution >= 4 is 44.3 Å². The Balaban J connectivity index is 1.79. The zero-order chi connectivity index (χ0) is 18.3. The number of nitrogens with one attached hydrogen (secondary N) is 1. The van der Waals surface area contributed by atoms with Gasteiger partial charge in [0.1, 0.15) is 40.1 Å². The highest BCUT2D eigenvalue weighted by atomic mass is 79.9. The van der Waals surface area contributed by atoms with Gasteiger partial charge in [0, 0.05) is 12.3 Å². The zero-order valence-electron chi connectivity index (χ0n) is 12.9. The summed E-state index contributed by atoms with van der Waals surface area (Å²) in [5.74, 6) is -0.717. The van der Waals surface area contributed by atoms with Crippen LogP contribution in [-0.4, -0.2) is 35.0 Å². The van der Waals surface area contributed by atoms with Crippen LogP contribution in [0.5, 0.6) is 0 Å². The maximum Gasteiger partial charge on any atom is 0.285 e. The maximum absolute atomic E-state index is 12.9. The molecule has 0 saturated carbocycles. The molecule has 0 aliphatic heterocycles. The van der Waals surface area contributed by atoms with Crippen molar-refractivity contribution < 1.29 is 9.18 Å². The monoisotopic (exact) mass is 417 g/mol. The molecule has 130 valence electrons. The molecular formula is C15H9BrFN7O2. The van der Waals surface area contributed by atoms with Gasteiger partial charge in [0.2, 0.25) is 5.91 Å². The minimum atomic E-state index is -0.503. The molecule has 0 saturated heterocycles. The normalized spacial score (nSPS) is 11.2. The summed E-state index contributed by atoms with van der Waals surface area (Å²) >= 11 is 3.23.